The molecule has 1 saturated heterocycles. The number of hydrogen-bond acceptors (Lipinski definition) is 6. The Morgan fingerprint density at radius 1 is 1.30 bits per heavy atom. The molecule has 4 rings (SSSR count). The van der Waals surface area contributed by atoms with Crippen LogP contribution in [0, 0.1) is 6.92 Å². The molecule has 0 radical (unpaired) electrons. The van der Waals surface area contributed by atoms with E-state index in [9.17, 15) is 5.11 Å². The van der Waals surface area contributed by atoms with E-state index >= 15 is 0 Å². The summed E-state index contributed by atoms with van der Waals surface area (Å²) in [6.45, 7) is 6.53. The molecule has 144 valence electrons. The maximum atomic E-state index is 10.9. The molecule has 1 aromatic carbocycles. The van der Waals surface area contributed by atoms with Crippen LogP contribution in [0.2, 0.25) is 0 Å². The number of hydrogen-bond donors (Lipinski definition) is 2. The van der Waals surface area contributed by atoms with Gasteiger partial charge >= 0.3 is 0 Å². The number of likely N-dealkylation sites (tertiary alicyclic amines) is 1. The number of aromatic nitrogens is 3. The molecule has 0 amide bonds. The van der Waals surface area contributed by atoms with Crippen LogP contribution in [0.5, 0.6) is 17.4 Å². The highest BCUT2D eigenvalue weighted by Crippen LogP contribution is 2.38. The van der Waals surface area contributed by atoms with Gasteiger partial charge in [0.05, 0.1) is 26.8 Å². The van der Waals surface area contributed by atoms with Crippen molar-refractivity contribution < 1.29 is 19.5 Å². The monoisotopic (exact) mass is 389 g/mol. The standard InChI is InChI=1S/C19H24N4O3S/c1-4-26-14-8-7-13(11-15(14)25-3)16(22-9-5-6-10-22)17-18(24)23-19(27-17)20-12(2)21-23/h7-8,11,16,24H,4-6,9-10H2,1-3H3/p+1/t16-/m0/s1. The SMILES string of the molecule is CCOc1ccc([C@@H](c2sc3nc(C)nn3c2O)[NH+]2CCCC2)cc1OC. The lowest BCUT2D eigenvalue weighted by molar-refractivity contribution is -0.913. The Balaban J connectivity index is 1.81. The molecule has 0 saturated carbocycles. The van der Waals surface area contributed by atoms with E-state index in [0.29, 0.717) is 18.2 Å². The molecule has 1 aliphatic rings. The van der Waals surface area contributed by atoms with Gasteiger partial charge in [0.2, 0.25) is 10.8 Å². The normalized spacial score (nSPS) is 16.1. The fourth-order valence-electron chi connectivity index (χ4n) is 3.86. The number of quaternary nitrogens is 1. The van der Waals surface area contributed by atoms with Crippen molar-refractivity contribution in [3.8, 4) is 17.4 Å². The number of aryl methyl sites for hydroxylation is 1. The molecular formula is C19H25N4O3S+. The van der Waals surface area contributed by atoms with Gasteiger partial charge in [-0.3, -0.25) is 0 Å². The maximum Gasteiger partial charge on any atom is 0.235 e. The molecule has 8 heteroatoms. The van der Waals surface area contributed by atoms with Crippen LogP contribution in [-0.2, 0) is 0 Å². The van der Waals surface area contributed by atoms with Gasteiger partial charge in [-0.2, -0.15) is 4.52 Å². The fraction of sp³-hybridized carbons (Fsp3) is 0.474. The molecule has 3 heterocycles. The third kappa shape index (κ3) is 3.23. The first kappa shape index (κ1) is 18.1. The van der Waals surface area contributed by atoms with Crippen LogP contribution in [0.15, 0.2) is 18.2 Å². The first-order valence-corrected chi connectivity index (χ1v) is 10.1. The summed E-state index contributed by atoms with van der Waals surface area (Å²) in [6, 6.07) is 6.08. The molecule has 0 unspecified atom stereocenters. The Morgan fingerprint density at radius 2 is 2.07 bits per heavy atom. The van der Waals surface area contributed by atoms with E-state index < -0.39 is 0 Å². The van der Waals surface area contributed by atoms with Crippen molar-refractivity contribution in [2.24, 2.45) is 0 Å². The number of nitrogens with one attached hydrogen (secondary N) is 1. The van der Waals surface area contributed by atoms with Gasteiger partial charge in [0.1, 0.15) is 10.7 Å². The van der Waals surface area contributed by atoms with Crippen molar-refractivity contribution in [3.05, 3.63) is 34.5 Å². The second kappa shape index (κ2) is 7.36. The van der Waals surface area contributed by atoms with E-state index in [1.807, 2.05) is 26.0 Å². The van der Waals surface area contributed by atoms with E-state index in [4.69, 9.17) is 9.47 Å². The molecule has 2 N–H and O–H groups in total. The Kier molecular flexibility index (Phi) is 4.92. The minimum Gasteiger partial charge on any atom is -0.493 e. The van der Waals surface area contributed by atoms with Crippen LogP contribution in [0.3, 0.4) is 0 Å². The smallest absolute Gasteiger partial charge is 0.235 e. The number of benzene rings is 1. The molecular weight excluding hydrogens is 364 g/mol. The maximum absolute atomic E-state index is 10.9. The minimum atomic E-state index is 0.0193. The summed E-state index contributed by atoms with van der Waals surface area (Å²) in [5.74, 6) is 2.30. The van der Waals surface area contributed by atoms with Crippen molar-refractivity contribution in [2.75, 3.05) is 26.8 Å². The third-order valence-electron chi connectivity index (χ3n) is 5.04. The van der Waals surface area contributed by atoms with Gasteiger partial charge in [0.25, 0.3) is 0 Å². The minimum absolute atomic E-state index is 0.0193. The van der Waals surface area contributed by atoms with E-state index in [0.717, 1.165) is 34.2 Å². The molecule has 7 nitrogen and oxygen atoms in total. The number of rotatable bonds is 6. The number of methoxy groups -OCH3 is 1. The van der Waals surface area contributed by atoms with Crippen LogP contribution in [-0.4, -0.2) is 46.5 Å². The Morgan fingerprint density at radius 3 is 2.74 bits per heavy atom. The van der Waals surface area contributed by atoms with Crippen molar-refractivity contribution in [2.45, 2.75) is 32.7 Å². The number of fused-ring (bicyclic) bond motifs is 1. The molecule has 3 aromatic rings. The summed E-state index contributed by atoms with van der Waals surface area (Å²) in [7, 11) is 1.66. The Hall–Kier alpha value is -2.32. The number of nitrogens with zero attached hydrogens (tertiary/aromatic N) is 3. The summed E-state index contributed by atoms with van der Waals surface area (Å²) >= 11 is 1.51. The molecule has 0 spiro atoms. The van der Waals surface area contributed by atoms with Crippen LogP contribution in [0.25, 0.3) is 4.96 Å². The second-order valence-electron chi connectivity index (χ2n) is 6.78. The van der Waals surface area contributed by atoms with Crippen LogP contribution >= 0.6 is 11.3 Å². The van der Waals surface area contributed by atoms with Gasteiger partial charge in [-0.1, -0.05) is 11.3 Å². The highest BCUT2D eigenvalue weighted by atomic mass is 32.1. The van der Waals surface area contributed by atoms with E-state index in [1.54, 1.807) is 11.6 Å². The summed E-state index contributed by atoms with van der Waals surface area (Å²) in [6.07, 6.45) is 2.39. The molecule has 1 fully saturated rings. The van der Waals surface area contributed by atoms with Gasteiger partial charge in [0.15, 0.2) is 17.5 Å². The van der Waals surface area contributed by atoms with Crippen molar-refractivity contribution in [3.63, 3.8) is 0 Å². The van der Waals surface area contributed by atoms with Crippen molar-refractivity contribution in [1.29, 1.82) is 0 Å². The first-order valence-electron chi connectivity index (χ1n) is 9.32. The number of ether oxygens (including phenoxy) is 2. The van der Waals surface area contributed by atoms with Gasteiger partial charge in [-0.15, -0.1) is 5.10 Å². The molecule has 27 heavy (non-hydrogen) atoms. The summed E-state index contributed by atoms with van der Waals surface area (Å²) in [5, 5.41) is 15.2. The lowest BCUT2D eigenvalue weighted by atomic mass is 10.0. The number of aromatic hydroxyl groups is 1. The zero-order valence-electron chi connectivity index (χ0n) is 15.9. The molecule has 1 atom stereocenters. The van der Waals surface area contributed by atoms with Crippen LogP contribution < -0.4 is 14.4 Å². The van der Waals surface area contributed by atoms with Gasteiger partial charge in [-0.05, 0) is 32.0 Å². The average molecular weight is 390 g/mol. The highest BCUT2D eigenvalue weighted by Gasteiger charge is 2.35. The van der Waals surface area contributed by atoms with Crippen LogP contribution in [0.1, 0.15) is 42.1 Å². The second-order valence-corrected chi connectivity index (χ2v) is 7.79. The van der Waals surface area contributed by atoms with Gasteiger partial charge in [-0.25, -0.2) is 4.98 Å². The first-order chi connectivity index (χ1) is 13.1. The Labute approximate surface area is 162 Å². The zero-order chi connectivity index (χ0) is 19.0. The topological polar surface area (TPSA) is 73.3 Å². The largest absolute Gasteiger partial charge is 0.493 e. The number of thiazole rings is 1. The van der Waals surface area contributed by atoms with Crippen molar-refractivity contribution in [1.82, 2.24) is 14.6 Å². The lowest BCUT2D eigenvalue weighted by Gasteiger charge is -2.24. The van der Waals surface area contributed by atoms with E-state index in [1.165, 1.54) is 29.1 Å². The van der Waals surface area contributed by atoms with E-state index in [-0.39, 0.29) is 11.9 Å². The summed E-state index contributed by atoms with van der Waals surface area (Å²) in [5.41, 5.74) is 1.10. The van der Waals surface area contributed by atoms with Gasteiger partial charge < -0.3 is 19.5 Å². The van der Waals surface area contributed by atoms with Crippen LogP contribution in [0.4, 0.5) is 0 Å². The molecule has 0 bridgehead atoms. The molecule has 2 aromatic heterocycles. The predicted octanol–water partition coefficient (Wildman–Crippen LogP) is 1.98. The lowest BCUT2D eigenvalue weighted by Crippen LogP contribution is -3.10. The third-order valence-corrected chi connectivity index (χ3v) is 6.13. The van der Waals surface area contributed by atoms with E-state index in [2.05, 4.69) is 16.1 Å². The predicted molar refractivity (Wildman–Crippen MR) is 103 cm³/mol. The summed E-state index contributed by atoms with van der Waals surface area (Å²) in [4.78, 5) is 7.49. The fourth-order valence-corrected chi connectivity index (χ4v) is 5.05. The van der Waals surface area contributed by atoms with Crippen molar-refractivity contribution >= 4 is 16.3 Å². The molecule has 0 aliphatic carbocycles. The average Bonchev–Trinajstić information content (AvgIpc) is 3.37. The summed E-state index contributed by atoms with van der Waals surface area (Å²) < 4.78 is 12.8. The molecule has 1 aliphatic heterocycles. The highest BCUT2D eigenvalue weighted by molar-refractivity contribution is 7.17. The Bertz CT molecular complexity index is 946. The zero-order valence-corrected chi connectivity index (χ0v) is 16.7. The van der Waals surface area contributed by atoms with Gasteiger partial charge in [0, 0.05) is 18.4 Å². The quantitative estimate of drug-likeness (QED) is 0.674.